The number of aromatic carboxylic acids is 1. The van der Waals surface area contributed by atoms with Gasteiger partial charge in [0.2, 0.25) is 0 Å². The van der Waals surface area contributed by atoms with E-state index in [-0.39, 0.29) is 23.6 Å². The van der Waals surface area contributed by atoms with Gasteiger partial charge in [0.15, 0.2) is 0 Å². The number of aryl methyl sites for hydroxylation is 1. The molecule has 2 rings (SSSR count). The normalized spacial score (nSPS) is 10.4. The molecule has 0 aliphatic heterocycles. The lowest BCUT2D eigenvalue weighted by molar-refractivity contribution is 0.0693. The van der Waals surface area contributed by atoms with Crippen molar-refractivity contribution in [1.29, 1.82) is 0 Å². The number of carbonyl (C=O) groups is 1. The first kappa shape index (κ1) is 15.8. The minimum absolute atomic E-state index is 0.0198. The van der Waals surface area contributed by atoms with Crippen LogP contribution in [0.25, 0.3) is 0 Å². The molecule has 2 aromatic rings. The van der Waals surface area contributed by atoms with Crippen LogP contribution in [0.4, 0.5) is 4.39 Å². The molecule has 22 heavy (non-hydrogen) atoms. The van der Waals surface area contributed by atoms with Gasteiger partial charge in [0, 0.05) is 12.5 Å². The summed E-state index contributed by atoms with van der Waals surface area (Å²) in [5.74, 6) is -0.733. The van der Waals surface area contributed by atoms with Crippen LogP contribution in [0.15, 0.2) is 30.3 Å². The van der Waals surface area contributed by atoms with Crippen molar-refractivity contribution in [2.75, 3.05) is 14.2 Å². The Kier molecular flexibility index (Phi) is 4.65. The molecular formula is C17H17FO4. The maximum atomic E-state index is 14.1. The standard InChI is InChI=1S/C17H17FO4/c1-10-5-4-6-11(16(10)18)7-12-8-13(17(19)20)15(22-3)9-14(12)21-2/h4-6,8-9H,7H2,1-3H3,(H,19,20). The van der Waals surface area contributed by atoms with Gasteiger partial charge in [-0.25, -0.2) is 9.18 Å². The Labute approximate surface area is 128 Å². The van der Waals surface area contributed by atoms with Gasteiger partial charge in [0.1, 0.15) is 22.9 Å². The minimum atomic E-state index is -1.11. The Balaban J connectivity index is 2.52. The van der Waals surface area contributed by atoms with Crippen molar-refractivity contribution in [2.24, 2.45) is 0 Å². The third kappa shape index (κ3) is 3.03. The first-order valence-electron chi connectivity index (χ1n) is 6.70. The van der Waals surface area contributed by atoms with Gasteiger partial charge >= 0.3 is 5.97 Å². The highest BCUT2D eigenvalue weighted by atomic mass is 19.1. The predicted octanol–water partition coefficient (Wildman–Crippen LogP) is 3.44. The van der Waals surface area contributed by atoms with E-state index in [0.717, 1.165) is 0 Å². The summed E-state index contributed by atoms with van der Waals surface area (Å²) in [6.07, 6.45) is 0.237. The largest absolute Gasteiger partial charge is 0.496 e. The number of rotatable bonds is 5. The summed E-state index contributed by atoms with van der Waals surface area (Å²) in [5, 5.41) is 9.25. The molecule has 0 spiro atoms. The lowest BCUT2D eigenvalue weighted by Gasteiger charge is -2.14. The predicted molar refractivity (Wildman–Crippen MR) is 80.4 cm³/mol. The number of hydrogen-bond donors (Lipinski definition) is 1. The van der Waals surface area contributed by atoms with Crippen LogP contribution >= 0.6 is 0 Å². The minimum Gasteiger partial charge on any atom is -0.496 e. The van der Waals surface area contributed by atoms with Crippen LogP contribution in [0.1, 0.15) is 27.0 Å². The summed E-state index contributed by atoms with van der Waals surface area (Å²) in [7, 11) is 2.87. The zero-order valence-corrected chi connectivity index (χ0v) is 12.6. The van der Waals surface area contributed by atoms with E-state index < -0.39 is 5.97 Å². The van der Waals surface area contributed by atoms with Crippen molar-refractivity contribution < 1.29 is 23.8 Å². The molecule has 4 nitrogen and oxygen atoms in total. The monoisotopic (exact) mass is 304 g/mol. The van der Waals surface area contributed by atoms with Crippen molar-refractivity contribution in [3.63, 3.8) is 0 Å². The van der Waals surface area contributed by atoms with Crippen molar-refractivity contribution in [3.05, 3.63) is 58.4 Å². The smallest absolute Gasteiger partial charge is 0.339 e. The zero-order chi connectivity index (χ0) is 16.3. The zero-order valence-electron chi connectivity index (χ0n) is 12.6. The fourth-order valence-electron chi connectivity index (χ4n) is 2.32. The summed E-state index contributed by atoms with van der Waals surface area (Å²) in [5.41, 5.74) is 1.64. The van der Waals surface area contributed by atoms with E-state index in [1.165, 1.54) is 26.4 Å². The fraction of sp³-hybridized carbons (Fsp3) is 0.235. The molecule has 0 bridgehead atoms. The molecule has 0 radical (unpaired) electrons. The Morgan fingerprint density at radius 3 is 2.41 bits per heavy atom. The fourth-order valence-corrected chi connectivity index (χ4v) is 2.32. The number of carboxylic acids is 1. The molecule has 0 unspecified atom stereocenters. The van der Waals surface area contributed by atoms with Crippen molar-refractivity contribution in [2.45, 2.75) is 13.3 Å². The summed E-state index contributed by atoms with van der Waals surface area (Å²) < 4.78 is 24.5. The molecule has 0 fully saturated rings. The molecule has 0 amide bonds. The third-order valence-electron chi connectivity index (χ3n) is 3.49. The molecule has 5 heteroatoms. The Hall–Kier alpha value is -2.56. The summed E-state index contributed by atoms with van der Waals surface area (Å²) >= 11 is 0. The number of benzene rings is 2. The quantitative estimate of drug-likeness (QED) is 0.919. The molecule has 0 aliphatic rings. The molecular weight excluding hydrogens is 287 g/mol. The molecule has 116 valence electrons. The SMILES string of the molecule is COc1cc(OC)c(C(=O)O)cc1Cc1cccc(C)c1F. The second kappa shape index (κ2) is 6.47. The van der Waals surface area contributed by atoms with Crippen LogP contribution in [0.2, 0.25) is 0 Å². The molecule has 1 N–H and O–H groups in total. The highest BCUT2D eigenvalue weighted by molar-refractivity contribution is 5.91. The van der Waals surface area contributed by atoms with E-state index in [1.54, 1.807) is 25.1 Å². The molecule has 2 aromatic carbocycles. The molecule has 0 saturated carbocycles. The number of ether oxygens (including phenoxy) is 2. The molecule has 0 aliphatic carbocycles. The van der Waals surface area contributed by atoms with Gasteiger partial charge < -0.3 is 14.6 Å². The third-order valence-corrected chi connectivity index (χ3v) is 3.49. The van der Waals surface area contributed by atoms with Crippen LogP contribution < -0.4 is 9.47 Å². The average Bonchev–Trinajstić information content (AvgIpc) is 2.51. The second-order valence-electron chi connectivity index (χ2n) is 4.89. The summed E-state index contributed by atoms with van der Waals surface area (Å²) in [6, 6.07) is 8.09. The maximum absolute atomic E-state index is 14.1. The van der Waals surface area contributed by atoms with Gasteiger partial charge in [-0.15, -0.1) is 0 Å². The van der Waals surface area contributed by atoms with Crippen molar-refractivity contribution in [1.82, 2.24) is 0 Å². The van der Waals surface area contributed by atoms with Crippen LogP contribution in [0.3, 0.4) is 0 Å². The maximum Gasteiger partial charge on any atom is 0.339 e. The second-order valence-corrected chi connectivity index (χ2v) is 4.89. The van der Waals surface area contributed by atoms with Crippen LogP contribution in [0, 0.1) is 12.7 Å². The number of hydrogen-bond acceptors (Lipinski definition) is 3. The summed E-state index contributed by atoms with van der Waals surface area (Å²) in [6.45, 7) is 1.69. The van der Waals surface area contributed by atoms with Gasteiger partial charge in [-0.05, 0) is 29.7 Å². The highest BCUT2D eigenvalue weighted by Gasteiger charge is 2.17. The lowest BCUT2D eigenvalue weighted by atomic mass is 9.99. The number of carboxylic acid groups (broad SMARTS) is 1. The van der Waals surface area contributed by atoms with E-state index in [1.807, 2.05) is 0 Å². The van der Waals surface area contributed by atoms with Crippen molar-refractivity contribution in [3.8, 4) is 11.5 Å². The Morgan fingerprint density at radius 2 is 1.82 bits per heavy atom. The van der Waals surface area contributed by atoms with E-state index >= 15 is 0 Å². The summed E-state index contributed by atoms with van der Waals surface area (Å²) in [4.78, 5) is 11.3. The molecule has 0 heterocycles. The highest BCUT2D eigenvalue weighted by Crippen LogP contribution is 2.31. The van der Waals surface area contributed by atoms with E-state index in [0.29, 0.717) is 22.4 Å². The van der Waals surface area contributed by atoms with Crippen LogP contribution in [-0.4, -0.2) is 25.3 Å². The van der Waals surface area contributed by atoms with E-state index in [9.17, 15) is 14.3 Å². The van der Waals surface area contributed by atoms with Crippen LogP contribution in [-0.2, 0) is 6.42 Å². The van der Waals surface area contributed by atoms with Gasteiger partial charge in [-0.1, -0.05) is 18.2 Å². The molecule has 0 atom stereocenters. The topological polar surface area (TPSA) is 55.8 Å². The van der Waals surface area contributed by atoms with Gasteiger partial charge in [0.25, 0.3) is 0 Å². The Bertz CT molecular complexity index is 710. The van der Waals surface area contributed by atoms with E-state index in [4.69, 9.17) is 9.47 Å². The van der Waals surface area contributed by atoms with Gasteiger partial charge in [-0.3, -0.25) is 0 Å². The van der Waals surface area contributed by atoms with Crippen molar-refractivity contribution >= 4 is 5.97 Å². The van der Waals surface area contributed by atoms with Gasteiger partial charge in [-0.2, -0.15) is 0 Å². The van der Waals surface area contributed by atoms with Crippen LogP contribution in [0.5, 0.6) is 11.5 Å². The molecule has 0 saturated heterocycles. The Morgan fingerprint density at radius 1 is 1.14 bits per heavy atom. The van der Waals surface area contributed by atoms with E-state index in [2.05, 4.69) is 0 Å². The number of halogens is 1. The first-order valence-corrected chi connectivity index (χ1v) is 6.70. The first-order chi connectivity index (χ1) is 10.5. The lowest BCUT2D eigenvalue weighted by Crippen LogP contribution is -2.05. The molecule has 0 aromatic heterocycles. The van der Waals surface area contributed by atoms with Gasteiger partial charge in [0.05, 0.1) is 14.2 Å². The number of methoxy groups -OCH3 is 2. The average molecular weight is 304 g/mol.